The first-order valence-electron chi connectivity index (χ1n) is 10.9. The number of aryl methyl sites for hydroxylation is 2. The summed E-state index contributed by atoms with van der Waals surface area (Å²) in [6, 6.07) is 8.93. The highest BCUT2D eigenvalue weighted by Crippen LogP contribution is 2.29. The van der Waals surface area contributed by atoms with Gasteiger partial charge in [-0.3, -0.25) is 14.4 Å². The maximum Gasteiger partial charge on any atom is 0.416 e. The van der Waals surface area contributed by atoms with Gasteiger partial charge in [0.2, 0.25) is 11.8 Å². The molecular weight excluding hydrogens is 461 g/mol. The van der Waals surface area contributed by atoms with Crippen molar-refractivity contribution < 1.29 is 27.6 Å². The van der Waals surface area contributed by atoms with E-state index in [9.17, 15) is 27.6 Å². The van der Waals surface area contributed by atoms with Gasteiger partial charge in [-0.2, -0.15) is 13.2 Å². The van der Waals surface area contributed by atoms with Gasteiger partial charge in [0.05, 0.1) is 12.1 Å². The van der Waals surface area contributed by atoms with E-state index in [1.165, 1.54) is 12.1 Å². The Kier molecular flexibility index (Phi) is 10.0. The van der Waals surface area contributed by atoms with Gasteiger partial charge < -0.3 is 21.3 Å². The lowest BCUT2D eigenvalue weighted by Gasteiger charge is -2.19. The van der Waals surface area contributed by atoms with Crippen LogP contribution in [-0.2, 0) is 22.3 Å². The fourth-order valence-electron chi connectivity index (χ4n) is 3.25. The third-order valence-electron chi connectivity index (χ3n) is 5.10. The van der Waals surface area contributed by atoms with E-state index in [2.05, 4.69) is 27.8 Å². The molecule has 0 spiro atoms. The number of rotatable bonds is 11. The molecule has 4 N–H and O–H groups in total. The summed E-state index contributed by atoms with van der Waals surface area (Å²) in [6.45, 7) is 7.78. The van der Waals surface area contributed by atoms with Crippen LogP contribution in [0, 0.1) is 13.8 Å². The van der Waals surface area contributed by atoms with Crippen molar-refractivity contribution in [1.82, 2.24) is 21.3 Å². The third-order valence-corrected chi connectivity index (χ3v) is 5.10. The van der Waals surface area contributed by atoms with Crippen LogP contribution in [0.5, 0.6) is 0 Å². The van der Waals surface area contributed by atoms with Gasteiger partial charge in [-0.25, -0.2) is 0 Å². The zero-order chi connectivity index (χ0) is 26.0. The fourth-order valence-corrected chi connectivity index (χ4v) is 3.25. The minimum atomic E-state index is -4.59. The van der Waals surface area contributed by atoms with Crippen LogP contribution >= 0.6 is 0 Å². The van der Waals surface area contributed by atoms with Gasteiger partial charge in [0, 0.05) is 25.2 Å². The summed E-state index contributed by atoms with van der Waals surface area (Å²) in [5.41, 5.74) is 2.06. The normalized spacial score (nSPS) is 11.9. The number of carbonyl (C=O) groups excluding carboxylic acids is 3. The molecule has 0 radical (unpaired) electrons. The first kappa shape index (κ1) is 27.6. The number of nitrogens with one attached hydrogen (secondary N) is 4. The van der Waals surface area contributed by atoms with Crippen LogP contribution in [0.15, 0.2) is 55.1 Å². The summed E-state index contributed by atoms with van der Waals surface area (Å²) in [5.74, 6) is -1.96. The van der Waals surface area contributed by atoms with Crippen molar-refractivity contribution in [3.05, 3.63) is 82.9 Å². The molecule has 2 rings (SSSR count). The number of amides is 3. The molecule has 10 heteroatoms. The highest BCUT2D eigenvalue weighted by Gasteiger charge is 2.31. The number of alkyl halides is 3. The van der Waals surface area contributed by atoms with E-state index in [4.69, 9.17) is 0 Å². The lowest BCUT2D eigenvalue weighted by atomic mass is 10.1. The predicted octanol–water partition coefficient (Wildman–Crippen LogP) is 2.63. The monoisotopic (exact) mass is 490 g/mol. The zero-order valence-corrected chi connectivity index (χ0v) is 19.6. The van der Waals surface area contributed by atoms with E-state index in [0.29, 0.717) is 12.6 Å². The van der Waals surface area contributed by atoms with Crippen LogP contribution in [0.3, 0.4) is 0 Å². The Labute approximate surface area is 202 Å². The Bertz CT molecular complexity index is 1070. The van der Waals surface area contributed by atoms with Crippen molar-refractivity contribution in [1.29, 1.82) is 0 Å². The predicted molar refractivity (Wildman–Crippen MR) is 127 cm³/mol. The van der Waals surface area contributed by atoms with Crippen molar-refractivity contribution in [3.63, 3.8) is 0 Å². The molecule has 0 saturated carbocycles. The number of hydrogen-bond donors (Lipinski definition) is 4. The summed E-state index contributed by atoms with van der Waals surface area (Å²) in [5, 5.41) is 10.6. The van der Waals surface area contributed by atoms with Crippen molar-refractivity contribution in [2.75, 3.05) is 19.6 Å². The van der Waals surface area contributed by atoms with Crippen LogP contribution in [0.1, 0.15) is 32.6 Å². The van der Waals surface area contributed by atoms with Crippen LogP contribution in [0.4, 0.5) is 13.2 Å². The van der Waals surface area contributed by atoms with Crippen LogP contribution in [-0.4, -0.2) is 43.4 Å². The molecule has 2 aromatic carbocycles. The SMILES string of the molecule is C=CCNC(=O)C(CNCc1ccc(C)cc1C)NC(=O)CNC(=O)c1cccc(C(F)(F)F)c1. The Balaban J connectivity index is 1.95. The van der Waals surface area contributed by atoms with E-state index in [-0.39, 0.29) is 18.7 Å². The molecule has 1 unspecified atom stereocenters. The van der Waals surface area contributed by atoms with Crippen molar-refractivity contribution in [2.24, 2.45) is 0 Å². The molecule has 1 atom stereocenters. The van der Waals surface area contributed by atoms with Crippen LogP contribution < -0.4 is 21.3 Å². The molecule has 2 aromatic rings. The van der Waals surface area contributed by atoms with Gasteiger partial charge in [-0.15, -0.1) is 6.58 Å². The Morgan fingerprint density at radius 1 is 1.06 bits per heavy atom. The van der Waals surface area contributed by atoms with E-state index < -0.39 is 42.0 Å². The van der Waals surface area contributed by atoms with Gasteiger partial charge in [0.15, 0.2) is 0 Å². The fraction of sp³-hybridized carbons (Fsp3) is 0.320. The van der Waals surface area contributed by atoms with Crippen LogP contribution in [0.2, 0.25) is 0 Å². The number of benzene rings is 2. The maximum absolute atomic E-state index is 12.9. The summed E-state index contributed by atoms with van der Waals surface area (Å²) in [7, 11) is 0. The molecule has 0 bridgehead atoms. The van der Waals surface area contributed by atoms with Gasteiger partial charge in [0.1, 0.15) is 6.04 Å². The quantitative estimate of drug-likeness (QED) is 0.364. The first-order chi connectivity index (χ1) is 16.5. The Morgan fingerprint density at radius 3 is 2.46 bits per heavy atom. The molecule has 35 heavy (non-hydrogen) atoms. The van der Waals surface area contributed by atoms with E-state index in [0.717, 1.165) is 28.8 Å². The topological polar surface area (TPSA) is 99.3 Å². The van der Waals surface area contributed by atoms with E-state index in [1.54, 1.807) is 0 Å². The molecule has 0 aliphatic carbocycles. The van der Waals surface area contributed by atoms with Gasteiger partial charge in [0.25, 0.3) is 5.91 Å². The molecule has 0 heterocycles. The van der Waals surface area contributed by atoms with Crippen LogP contribution in [0.25, 0.3) is 0 Å². The third kappa shape index (κ3) is 8.90. The highest BCUT2D eigenvalue weighted by molar-refractivity contribution is 5.97. The van der Waals surface area contributed by atoms with Crippen molar-refractivity contribution in [3.8, 4) is 0 Å². The summed E-state index contributed by atoms with van der Waals surface area (Å²) >= 11 is 0. The lowest BCUT2D eigenvalue weighted by Crippen LogP contribution is -2.53. The molecule has 0 fully saturated rings. The summed E-state index contributed by atoms with van der Waals surface area (Å²) in [6.07, 6.45) is -3.10. The Hall–Kier alpha value is -3.66. The lowest BCUT2D eigenvalue weighted by molar-refractivity contribution is -0.137. The van der Waals surface area contributed by atoms with Crippen molar-refractivity contribution in [2.45, 2.75) is 32.6 Å². The van der Waals surface area contributed by atoms with Crippen molar-refractivity contribution >= 4 is 17.7 Å². The average Bonchev–Trinajstić information content (AvgIpc) is 2.81. The average molecular weight is 491 g/mol. The highest BCUT2D eigenvalue weighted by atomic mass is 19.4. The summed E-state index contributed by atoms with van der Waals surface area (Å²) in [4.78, 5) is 37.1. The molecule has 0 aliphatic heterocycles. The van der Waals surface area contributed by atoms with Gasteiger partial charge in [-0.1, -0.05) is 35.9 Å². The molecule has 0 aromatic heterocycles. The summed E-state index contributed by atoms with van der Waals surface area (Å²) < 4.78 is 38.6. The van der Waals surface area contributed by atoms with Gasteiger partial charge in [-0.05, 0) is 43.2 Å². The standard InChI is InChI=1S/C25H29F3N4O3/c1-4-10-30-24(35)21(14-29-13-19-9-8-16(2)11-17(19)3)32-22(33)15-31-23(34)18-6-5-7-20(12-18)25(26,27)28/h4-9,11-12,21,29H,1,10,13-15H2,2-3H3,(H,30,35)(H,31,34)(H,32,33). The number of carbonyl (C=O) groups is 3. The van der Waals surface area contributed by atoms with E-state index >= 15 is 0 Å². The van der Waals surface area contributed by atoms with Gasteiger partial charge >= 0.3 is 6.18 Å². The molecular formula is C25H29F3N4O3. The molecule has 188 valence electrons. The van der Waals surface area contributed by atoms with E-state index in [1.807, 2.05) is 32.0 Å². The maximum atomic E-state index is 12.9. The zero-order valence-electron chi connectivity index (χ0n) is 19.6. The second-order valence-corrected chi connectivity index (χ2v) is 7.98. The molecule has 7 nitrogen and oxygen atoms in total. The second-order valence-electron chi connectivity index (χ2n) is 7.98. The smallest absolute Gasteiger partial charge is 0.351 e. The minimum Gasteiger partial charge on any atom is -0.351 e. The Morgan fingerprint density at radius 2 is 1.80 bits per heavy atom. The largest absolute Gasteiger partial charge is 0.416 e. The minimum absolute atomic E-state index is 0.115. The number of hydrogen-bond acceptors (Lipinski definition) is 4. The first-order valence-corrected chi connectivity index (χ1v) is 10.9. The molecule has 0 saturated heterocycles. The molecule has 0 aliphatic rings. The number of halogens is 3. The molecule has 3 amide bonds. The second kappa shape index (κ2) is 12.7.